The summed E-state index contributed by atoms with van der Waals surface area (Å²) in [6, 6.07) is 1.89. The monoisotopic (exact) mass is 258 g/mol. The van der Waals surface area contributed by atoms with E-state index in [2.05, 4.69) is 26.6 Å². The molecule has 0 aliphatic carbocycles. The maximum atomic E-state index is 11.7. The smallest absolute Gasteiger partial charge is 0.256 e. The Labute approximate surface area is 90.2 Å². The van der Waals surface area contributed by atoms with Gasteiger partial charge in [-0.2, -0.15) is 0 Å². The molecule has 1 aliphatic heterocycles. The minimum atomic E-state index is -0.0840. The van der Waals surface area contributed by atoms with Crippen LogP contribution in [0.3, 0.4) is 0 Å². The van der Waals surface area contributed by atoms with Gasteiger partial charge in [-0.15, -0.1) is 0 Å². The molecule has 1 amide bonds. The Bertz CT molecular complexity index is 331. The van der Waals surface area contributed by atoms with E-state index in [9.17, 15) is 4.79 Å². The molecule has 4 nitrogen and oxygen atoms in total. The molecule has 1 atom stereocenters. The van der Waals surface area contributed by atoms with Crippen LogP contribution in [0.4, 0.5) is 0 Å². The lowest BCUT2D eigenvalue weighted by molar-refractivity contribution is 0.0938. The van der Waals surface area contributed by atoms with Crippen LogP contribution in [0.2, 0.25) is 0 Å². The van der Waals surface area contributed by atoms with Gasteiger partial charge in [0.2, 0.25) is 0 Å². The highest BCUT2D eigenvalue weighted by atomic mass is 79.9. The Morgan fingerprint density at radius 3 is 3.14 bits per heavy atom. The lowest BCUT2D eigenvalue weighted by Crippen LogP contribution is -2.36. The minimum Gasteiger partial charge on any atom is -0.457 e. The predicted octanol–water partition coefficient (Wildman–Crippen LogP) is 1.13. The number of amides is 1. The molecule has 0 bridgehead atoms. The summed E-state index contributed by atoms with van der Waals surface area (Å²) in [5.41, 5.74) is 0.553. The summed E-state index contributed by atoms with van der Waals surface area (Å²) in [5, 5.41) is 6.12. The quantitative estimate of drug-likeness (QED) is 0.837. The second-order valence-corrected chi connectivity index (χ2v) is 3.99. The molecule has 0 saturated carbocycles. The van der Waals surface area contributed by atoms with Gasteiger partial charge in [0.05, 0.1) is 11.8 Å². The molecule has 1 aromatic rings. The van der Waals surface area contributed by atoms with Gasteiger partial charge in [0.25, 0.3) is 5.91 Å². The Hall–Kier alpha value is -0.810. The number of carbonyl (C=O) groups excluding carboxylic acids is 1. The van der Waals surface area contributed by atoms with Gasteiger partial charge in [0.1, 0.15) is 0 Å². The molecule has 0 radical (unpaired) electrons. The van der Waals surface area contributed by atoms with Crippen LogP contribution >= 0.6 is 15.9 Å². The molecule has 0 spiro atoms. The van der Waals surface area contributed by atoms with Crippen LogP contribution in [0.25, 0.3) is 0 Å². The predicted molar refractivity (Wildman–Crippen MR) is 55.1 cm³/mol. The van der Waals surface area contributed by atoms with Gasteiger partial charge >= 0.3 is 0 Å². The second-order valence-electron chi connectivity index (χ2n) is 3.27. The van der Waals surface area contributed by atoms with E-state index in [1.807, 2.05) is 0 Å². The maximum absolute atomic E-state index is 11.7. The first-order chi connectivity index (χ1) is 6.77. The SMILES string of the molecule is O=C(N[C@H]1CCNC1)c1ccoc1Br. The van der Waals surface area contributed by atoms with Crippen molar-refractivity contribution in [1.82, 2.24) is 10.6 Å². The van der Waals surface area contributed by atoms with Crippen molar-refractivity contribution in [3.63, 3.8) is 0 Å². The van der Waals surface area contributed by atoms with Gasteiger partial charge < -0.3 is 15.1 Å². The van der Waals surface area contributed by atoms with Crippen LogP contribution in [0.1, 0.15) is 16.8 Å². The van der Waals surface area contributed by atoms with Gasteiger partial charge in [0, 0.05) is 12.6 Å². The van der Waals surface area contributed by atoms with Gasteiger partial charge in [-0.25, -0.2) is 0 Å². The summed E-state index contributed by atoms with van der Waals surface area (Å²) in [5.74, 6) is -0.0840. The largest absolute Gasteiger partial charge is 0.457 e. The number of hydrogen-bond donors (Lipinski definition) is 2. The topological polar surface area (TPSA) is 54.3 Å². The van der Waals surface area contributed by atoms with Crippen LogP contribution in [0.5, 0.6) is 0 Å². The number of furan rings is 1. The normalized spacial score (nSPS) is 21.1. The summed E-state index contributed by atoms with van der Waals surface area (Å²) < 4.78 is 5.48. The van der Waals surface area contributed by atoms with Crippen molar-refractivity contribution in [1.29, 1.82) is 0 Å². The zero-order valence-corrected chi connectivity index (χ0v) is 9.13. The van der Waals surface area contributed by atoms with Crippen molar-refractivity contribution in [2.75, 3.05) is 13.1 Å². The van der Waals surface area contributed by atoms with Crippen LogP contribution in [-0.2, 0) is 0 Å². The Morgan fingerprint density at radius 2 is 2.57 bits per heavy atom. The van der Waals surface area contributed by atoms with Crippen molar-refractivity contribution in [2.45, 2.75) is 12.5 Å². The highest BCUT2D eigenvalue weighted by Crippen LogP contribution is 2.17. The summed E-state index contributed by atoms with van der Waals surface area (Å²) in [7, 11) is 0. The van der Waals surface area contributed by atoms with Crippen molar-refractivity contribution >= 4 is 21.8 Å². The zero-order valence-electron chi connectivity index (χ0n) is 7.55. The van der Waals surface area contributed by atoms with Crippen molar-refractivity contribution in [3.8, 4) is 0 Å². The zero-order chi connectivity index (χ0) is 9.97. The molecule has 2 rings (SSSR count). The van der Waals surface area contributed by atoms with E-state index in [4.69, 9.17) is 4.42 Å². The first-order valence-electron chi connectivity index (χ1n) is 4.52. The molecule has 5 heteroatoms. The van der Waals surface area contributed by atoms with Crippen molar-refractivity contribution < 1.29 is 9.21 Å². The average Bonchev–Trinajstić information content (AvgIpc) is 2.75. The fraction of sp³-hybridized carbons (Fsp3) is 0.444. The van der Waals surface area contributed by atoms with Gasteiger partial charge in [-0.05, 0) is 35.0 Å². The molecule has 76 valence electrons. The van der Waals surface area contributed by atoms with Gasteiger partial charge in [0.15, 0.2) is 4.67 Å². The summed E-state index contributed by atoms with van der Waals surface area (Å²) in [4.78, 5) is 11.7. The van der Waals surface area contributed by atoms with E-state index in [-0.39, 0.29) is 11.9 Å². The number of rotatable bonds is 2. The van der Waals surface area contributed by atoms with E-state index in [0.717, 1.165) is 19.5 Å². The highest BCUT2D eigenvalue weighted by molar-refractivity contribution is 9.10. The van der Waals surface area contributed by atoms with Gasteiger partial charge in [-0.1, -0.05) is 0 Å². The number of halogens is 1. The molecular weight excluding hydrogens is 248 g/mol. The molecule has 1 aromatic heterocycles. The summed E-state index contributed by atoms with van der Waals surface area (Å²) in [6.07, 6.45) is 2.48. The fourth-order valence-electron chi connectivity index (χ4n) is 1.50. The molecule has 2 heterocycles. The van der Waals surface area contributed by atoms with Crippen LogP contribution in [0, 0.1) is 0 Å². The number of nitrogens with one attached hydrogen (secondary N) is 2. The molecule has 14 heavy (non-hydrogen) atoms. The standard InChI is InChI=1S/C9H11BrN2O2/c10-8-7(2-4-14-8)9(13)12-6-1-3-11-5-6/h2,4,6,11H,1,3,5H2,(H,12,13)/t6-/m0/s1. The highest BCUT2D eigenvalue weighted by Gasteiger charge is 2.19. The van der Waals surface area contributed by atoms with E-state index in [0.29, 0.717) is 10.2 Å². The number of carbonyl (C=O) groups is 1. The third-order valence-corrected chi connectivity index (χ3v) is 2.87. The van der Waals surface area contributed by atoms with Crippen molar-refractivity contribution in [2.24, 2.45) is 0 Å². The Morgan fingerprint density at radius 1 is 1.71 bits per heavy atom. The van der Waals surface area contributed by atoms with E-state index in [1.54, 1.807) is 6.07 Å². The molecule has 1 fully saturated rings. The molecule has 2 N–H and O–H groups in total. The summed E-state index contributed by atoms with van der Waals surface area (Å²) in [6.45, 7) is 1.82. The first-order valence-corrected chi connectivity index (χ1v) is 5.31. The van der Waals surface area contributed by atoms with E-state index < -0.39 is 0 Å². The lowest BCUT2D eigenvalue weighted by Gasteiger charge is -2.09. The maximum Gasteiger partial charge on any atom is 0.256 e. The number of hydrogen-bond acceptors (Lipinski definition) is 3. The molecule has 1 saturated heterocycles. The van der Waals surface area contributed by atoms with Crippen molar-refractivity contribution in [3.05, 3.63) is 22.6 Å². The van der Waals surface area contributed by atoms with E-state index >= 15 is 0 Å². The third-order valence-electron chi connectivity index (χ3n) is 2.26. The van der Waals surface area contributed by atoms with Crippen LogP contribution in [-0.4, -0.2) is 25.0 Å². The molecular formula is C9H11BrN2O2. The molecule has 1 aliphatic rings. The second kappa shape index (κ2) is 4.14. The Balaban J connectivity index is 1.98. The first kappa shape index (κ1) is 9.73. The molecule has 0 unspecified atom stereocenters. The fourth-order valence-corrected chi connectivity index (χ4v) is 1.92. The minimum absolute atomic E-state index is 0.0840. The van der Waals surface area contributed by atoms with Crippen LogP contribution in [0.15, 0.2) is 21.4 Å². The van der Waals surface area contributed by atoms with E-state index in [1.165, 1.54) is 6.26 Å². The third kappa shape index (κ3) is 1.99. The summed E-state index contributed by atoms with van der Waals surface area (Å²) >= 11 is 3.17. The van der Waals surface area contributed by atoms with Crippen LogP contribution < -0.4 is 10.6 Å². The molecule has 0 aromatic carbocycles. The average molecular weight is 259 g/mol. The van der Waals surface area contributed by atoms with Gasteiger partial charge in [-0.3, -0.25) is 4.79 Å². The Kier molecular flexibility index (Phi) is 2.88. The lowest BCUT2D eigenvalue weighted by atomic mass is 10.2.